The van der Waals surface area contributed by atoms with Gasteiger partial charge in [-0.2, -0.15) is 13.2 Å². The summed E-state index contributed by atoms with van der Waals surface area (Å²) in [6.45, 7) is -1.88. The normalized spacial score (nSPS) is 14.9. The Bertz CT molecular complexity index is 1200. The highest BCUT2D eigenvalue weighted by molar-refractivity contribution is 6.31. The molecule has 0 aliphatic rings. The number of ether oxygens (including phenoxy) is 2. The van der Waals surface area contributed by atoms with Gasteiger partial charge < -0.3 is 40.7 Å². The first-order chi connectivity index (χ1) is 17.0. The topological polar surface area (TPSA) is 169 Å². The molecule has 0 radical (unpaired) electrons. The standard InChI is InChI=1S/C22H22ClF4N3O6.H2O/c1-35-16-5-11-15(6-17(16)36-18(8-32)20(34)19(33)14(24)7-31)28-9-29-21(11)30-10-2-3-13(23)12(4-10)22(25,26)27;/h2-6,9,14,18-20,31-34H,7-8H2,1H3,(H,28,29,30);1H2/t14-,18-,19+,20+;/m1./s1. The first-order valence-electron chi connectivity index (χ1n) is 10.3. The van der Waals surface area contributed by atoms with Crippen molar-refractivity contribution in [3.05, 3.63) is 47.2 Å². The fourth-order valence-corrected chi connectivity index (χ4v) is 3.52. The Labute approximate surface area is 212 Å². The summed E-state index contributed by atoms with van der Waals surface area (Å²) in [5.41, 5.74) is -0.750. The lowest BCUT2D eigenvalue weighted by Gasteiger charge is -2.28. The number of rotatable bonds is 10. The highest BCUT2D eigenvalue weighted by Gasteiger charge is 2.34. The Kier molecular flexibility index (Phi) is 10.2. The van der Waals surface area contributed by atoms with Gasteiger partial charge in [0.2, 0.25) is 0 Å². The van der Waals surface area contributed by atoms with Gasteiger partial charge in [-0.25, -0.2) is 14.4 Å². The number of aliphatic hydroxyl groups excluding tert-OH is 4. The molecular weight excluding hydrogens is 530 g/mol. The van der Waals surface area contributed by atoms with Crippen molar-refractivity contribution < 1.29 is 52.9 Å². The van der Waals surface area contributed by atoms with E-state index in [1.165, 1.54) is 25.3 Å². The highest BCUT2D eigenvalue weighted by atomic mass is 35.5. The number of anilines is 2. The Hall–Kier alpha value is -3.01. The Balaban J connectivity index is 0.00000481. The second kappa shape index (κ2) is 12.5. The number of aromatic nitrogens is 2. The van der Waals surface area contributed by atoms with Gasteiger partial charge >= 0.3 is 6.18 Å². The minimum Gasteiger partial charge on any atom is -0.493 e. The third-order valence-electron chi connectivity index (χ3n) is 5.19. The zero-order valence-electron chi connectivity index (χ0n) is 19.1. The lowest BCUT2D eigenvalue weighted by molar-refractivity contribution is -0.137. The molecule has 15 heteroatoms. The van der Waals surface area contributed by atoms with Crippen LogP contribution in [0.15, 0.2) is 36.7 Å². The first-order valence-corrected chi connectivity index (χ1v) is 10.7. The number of aliphatic hydroxyl groups is 4. The van der Waals surface area contributed by atoms with Gasteiger partial charge in [-0.15, -0.1) is 0 Å². The maximum atomic E-state index is 13.6. The number of hydrogen-bond acceptors (Lipinski definition) is 9. The number of fused-ring (bicyclic) bond motifs is 1. The molecule has 3 aromatic rings. The maximum Gasteiger partial charge on any atom is 0.417 e. The fourth-order valence-electron chi connectivity index (χ4n) is 3.29. The highest BCUT2D eigenvalue weighted by Crippen LogP contribution is 2.38. The Morgan fingerprint density at radius 3 is 2.32 bits per heavy atom. The molecule has 0 saturated heterocycles. The summed E-state index contributed by atoms with van der Waals surface area (Å²) in [4.78, 5) is 8.16. The van der Waals surface area contributed by atoms with Gasteiger partial charge in [-0.1, -0.05) is 11.6 Å². The third kappa shape index (κ3) is 6.85. The molecule has 3 rings (SSSR count). The lowest BCUT2D eigenvalue weighted by atomic mass is 10.0. The van der Waals surface area contributed by atoms with Crippen molar-refractivity contribution in [2.45, 2.75) is 30.7 Å². The molecule has 0 fully saturated rings. The Morgan fingerprint density at radius 2 is 1.73 bits per heavy atom. The van der Waals surface area contributed by atoms with E-state index in [1.54, 1.807) is 0 Å². The predicted molar refractivity (Wildman–Crippen MR) is 125 cm³/mol. The number of halogens is 5. The summed E-state index contributed by atoms with van der Waals surface area (Å²) >= 11 is 5.67. The van der Waals surface area contributed by atoms with E-state index in [-0.39, 0.29) is 34.0 Å². The maximum absolute atomic E-state index is 13.6. The molecular formula is C22H24ClF4N3O7. The van der Waals surface area contributed by atoms with E-state index in [9.17, 15) is 32.9 Å². The summed E-state index contributed by atoms with van der Waals surface area (Å²) in [7, 11) is 1.28. The number of alkyl halides is 4. The summed E-state index contributed by atoms with van der Waals surface area (Å²) in [6.07, 6.45) is -11.2. The second-order valence-corrected chi connectivity index (χ2v) is 7.99. The van der Waals surface area contributed by atoms with Crippen LogP contribution in [0.25, 0.3) is 10.9 Å². The number of nitrogens with zero attached hydrogens (tertiary/aromatic N) is 2. The molecule has 0 saturated carbocycles. The van der Waals surface area contributed by atoms with E-state index in [1.807, 2.05) is 0 Å². The molecule has 204 valence electrons. The molecule has 7 N–H and O–H groups in total. The zero-order valence-corrected chi connectivity index (χ0v) is 19.8. The Morgan fingerprint density at radius 1 is 1.03 bits per heavy atom. The van der Waals surface area contributed by atoms with Crippen LogP contribution in [0.2, 0.25) is 5.02 Å². The third-order valence-corrected chi connectivity index (χ3v) is 5.52. The molecule has 0 spiro atoms. The predicted octanol–water partition coefficient (Wildman–Crippen LogP) is 2.02. The van der Waals surface area contributed by atoms with Crippen molar-refractivity contribution in [1.29, 1.82) is 0 Å². The van der Waals surface area contributed by atoms with Gasteiger partial charge in [-0.05, 0) is 24.3 Å². The molecule has 0 aliphatic heterocycles. The van der Waals surface area contributed by atoms with E-state index < -0.39 is 54.5 Å². The summed E-state index contributed by atoms with van der Waals surface area (Å²) in [5.74, 6) is 0.120. The van der Waals surface area contributed by atoms with Crippen LogP contribution in [0.4, 0.5) is 29.1 Å². The van der Waals surface area contributed by atoms with Gasteiger partial charge in [0.1, 0.15) is 24.4 Å². The monoisotopic (exact) mass is 553 g/mol. The molecule has 10 nitrogen and oxygen atoms in total. The van der Waals surface area contributed by atoms with Crippen molar-refractivity contribution in [2.75, 3.05) is 25.6 Å². The van der Waals surface area contributed by atoms with Crippen molar-refractivity contribution in [2.24, 2.45) is 0 Å². The SMILES string of the molecule is COc1cc2c(Nc3ccc(Cl)c(C(F)(F)F)c3)ncnc2cc1O[C@H](CO)[C@H](O)[C@@H](O)[C@H](F)CO.O. The van der Waals surface area contributed by atoms with Gasteiger partial charge in [0.25, 0.3) is 0 Å². The van der Waals surface area contributed by atoms with Crippen molar-refractivity contribution >= 4 is 34.0 Å². The molecule has 1 heterocycles. The molecule has 0 amide bonds. The summed E-state index contributed by atoms with van der Waals surface area (Å²) < 4.78 is 64.1. The van der Waals surface area contributed by atoms with Gasteiger partial charge in [0.05, 0.1) is 36.4 Å². The van der Waals surface area contributed by atoms with Crippen LogP contribution in [-0.2, 0) is 6.18 Å². The average Bonchev–Trinajstić information content (AvgIpc) is 2.85. The van der Waals surface area contributed by atoms with Crippen molar-refractivity contribution in [3.8, 4) is 11.5 Å². The minimum atomic E-state index is -4.67. The molecule has 1 aromatic heterocycles. The number of nitrogens with one attached hydrogen (secondary N) is 1. The van der Waals surface area contributed by atoms with Crippen molar-refractivity contribution in [1.82, 2.24) is 9.97 Å². The molecule has 0 bridgehead atoms. The molecule has 0 unspecified atom stereocenters. The van der Waals surface area contributed by atoms with Crippen LogP contribution in [0.3, 0.4) is 0 Å². The smallest absolute Gasteiger partial charge is 0.417 e. The van der Waals surface area contributed by atoms with Crippen LogP contribution < -0.4 is 14.8 Å². The van der Waals surface area contributed by atoms with Gasteiger partial charge in [0.15, 0.2) is 23.8 Å². The van der Waals surface area contributed by atoms with Gasteiger partial charge in [-0.3, -0.25) is 0 Å². The van der Waals surface area contributed by atoms with Crippen molar-refractivity contribution in [3.63, 3.8) is 0 Å². The van der Waals surface area contributed by atoms with E-state index >= 15 is 0 Å². The van der Waals surface area contributed by atoms with E-state index in [4.69, 9.17) is 26.2 Å². The lowest BCUT2D eigenvalue weighted by Crippen LogP contribution is -2.48. The minimum absolute atomic E-state index is 0. The fraction of sp³-hybridized carbons (Fsp3) is 0.364. The number of benzene rings is 2. The number of methoxy groups -OCH3 is 1. The zero-order chi connectivity index (χ0) is 26.6. The van der Waals surface area contributed by atoms with E-state index in [0.29, 0.717) is 5.39 Å². The molecule has 37 heavy (non-hydrogen) atoms. The summed E-state index contributed by atoms with van der Waals surface area (Å²) in [6, 6.07) is 5.99. The van der Waals surface area contributed by atoms with Crippen LogP contribution in [0.1, 0.15) is 5.56 Å². The van der Waals surface area contributed by atoms with E-state index in [0.717, 1.165) is 18.5 Å². The van der Waals surface area contributed by atoms with Crippen LogP contribution >= 0.6 is 11.6 Å². The van der Waals surface area contributed by atoms with E-state index in [2.05, 4.69) is 15.3 Å². The van der Waals surface area contributed by atoms with Crippen LogP contribution in [0, 0.1) is 0 Å². The average molecular weight is 554 g/mol. The largest absolute Gasteiger partial charge is 0.493 e. The summed E-state index contributed by atoms with van der Waals surface area (Å²) in [5, 5.41) is 41.1. The van der Waals surface area contributed by atoms with Gasteiger partial charge in [0, 0.05) is 17.1 Å². The second-order valence-electron chi connectivity index (χ2n) is 7.58. The molecule has 2 aromatic carbocycles. The van der Waals surface area contributed by atoms with Crippen LogP contribution in [0.5, 0.6) is 11.5 Å². The number of hydrogen-bond donors (Lipinski definition) is 5. The molecule has 0 aliphatic carbocycles. The van der Waals surface area contributed by atoms with Crippen LogP contribution in [-0.4, -0.2) is 80.7 Å². The molecule has 4 atom stereocenters. The quantitative estimate of drug-likeness (QED) is 0.236. The first kappa shape index (κ1) is 30.2.